The van der Waals surface area contributed by atoms with Gasteiger partial charge in [0, 0.05) is 11.3 Å². The van der Waals surface area contributed by atoms with E-state index in [9.17, 15) is 19.8 Å². The molecule has 27 heavy (non-hydrogen) atoms. The van der Waals surface area contributed by atoms with Crippen molar-refractivity contribution in [3.8, 4) is 17.6 Å². The number of carbonyl (C=O) groups is 2. The molecule has 3 N–H and O–H groups in total. The van der Waals surface area contributed by atoms with Crippen molar-refractivity contribution in [3.63, 3.8) is 0 Å². The molecule has 2 unspecified atom stereocenters. The lowest BCUT2D eigenvalue weighted by Crippen LogP contribution is -2.21. The van der Waals surface area contributed by atoms with E-state index in [1.54, 1.807) is 24.3 Å². The fraction of sp³-hybridized carbons (Fsp3) is 0.150. The van der Waals surface area contributed by atoms with Crippen LogP contribution in [-0.2, 0) is 9.59 Å². The maximum atomic E-state index is 12.5. The van der Waals surface area contributed by atoms with E-state index in [1.807, 2.05) is 36.4 Å². The smallest absolute Gasteiger partial charge is 0.334 e. The molecular weight excluding hydrogens is 348 g/mol. The Labute approximate surface area is 155 Å². The van der Waals surface area contributed by atoms with E-state index in [-0.39, 0.29) is 12.0 Å². The SMILES string of the molecule is N#CC1CC(O)C(C(=O)O)=C1C(=O)Nc1ccc(Oc2ccccc2)cc1. The first-order valence-electron chi connectivity index (χ1n) is 8.19. The molecule has 2 aromatic carbocycles. The van der Waals surface area contributed by atoms with Crippen LogP contribution < -0.4 is 10.1 Å². The van der Waals surface area contributed by atoms with Crippen molar-refractivity contribution in [2.45, 2.75) is 12.5 Å². The van der Waals surface area contributed by atoms with Crippen molar-refractivity contribution in [2.75, 3.05) is 5.32 Å². The molecule has 1 aliphatic carbocycles. The van der Waals surface area contributed by atoms with Gasteiger partial charge in [-0.25, -0.2) is 4.79 Å². The average Bonchev–Trinajstić information content (AvgIpc) is 3.01. The van der Waals surface area contributed by atoms with Gasteiger partial charge in [0.2, 0.25) is 0 Å². The fourth-order valence-corrected chi connectivity index (χ4v) is 2.91. The van der Waals surface area contributed by atoms with E-state index in [0.29, 0.717) is 17.2 Å². The number of hydrogen-bond donors (Lipinski definition) is 3. The number of nitrogens with one attached hydrogen (secondary N) is 1. The Hall–Kier alpha value is -3.63. The summed E-state index contributed by atoms with van der Waals surface area (Å²) in [6, 6.07) is 17.6. The number of anilines is 1. The Bertz CT molecular complexity index is 929. The van der Waals surface area contributed by atoms with Gasteiger partial charge in [-0.15, -0.1) is 0 Å². The quantitative estimate of drug-likeness (QED) is 0.750. The summed E-state index contributed by atoms with van der Waals surface area (Å²) in [4.78, 5) is 23.8. The Kier molecular flexibility index (Phi) is 5.20. The minimum atomic E-state index is -1.41. The zero-order valence-corrected chi connectivity index (χ0v) is 14.1. The van der Waals surface area contributed by atoms with Crippen LogP contribution in [0.4, 0.5) is 5.69 Å². The van der Waals surface area contributed by atoms with Crippen molar-refractivity contribution < 1.29 is 24.5 Å². The van der Waals surface area contributed by atoms with Crippen LogP contribution in [0.15, 0.2) is 65.7 Å². The molecule has 2 aromatic rings. The summed E-state index contributed by atoms with van der Waals surface area (Å²) in [6.45, 7) is 0. The molecule has 0 saturated heterocycles. The maximum Gasteiger partial charge on any atom is 0.334 e. The normalized spacial score (nSPS) is 18.7. The molecular formula is C20H16N2O5. The summed E-state index contributed by atoms with van der Waals surface area (Å²) in [7, 11) is 0. The van der Waals surface area contributed by atoms with Crippen LogP contribution in [0.2, 0.25) is 0 Å². The summed E-state index contributed by atoms with van der Waals surface area (Å²) in [6.07, 6.45) is -1.44. The second kappa shape index (κ2) is 7.72. The Balaban J connectivity index is 1.76. The number of aliphatic hydroxyl groups excluding tert-OH is 1. The highest BCUT2D eigenvalue weighted by Gasteiger charge is 2.40. The highest BCUT2D eigenvalue weighted by atomic mass is 16.5. The number of nitrogens with zero attached hydrogens (tertiary/aromatic N) is 1. The lowest BCUT2D eigenvalue weighted by atomic mass is 10.0. The fourth-order valence-electron chi connectivity index (χ4n) is 2.91. The van der Waals surface area contributed by atoms with Crippen LogP contribution in [0.25, 0.3) is 0 Å². The highest BCUT2D eigenvalue weighted by molar-refractivity contribution is 6.10. The van der Waals surface area contributed by atoms with Crippen LogP contribution >= 0.6 is 0 Å². The molecule has 7 heteroatoms. The molecule has 0 bridgehead atoms. The van der Waals surface area contributed by atoms with E-state index in [1.165, 1.54) is 0 Å². The number of nitriles is 1. The van der Waals surface area contributed by atoms with Crippen molar-refractivity contribution in [3.05, 3.63) is 65.7 Å². The predicted molar refractivity (Wildman–Crippen MR) is 96.0 cm³/mol. The van der Waals surface area contributed by atoms with Gasteiger partial charge in [0.05, 0.1) is 23.7 Å². The number of carbonyl (C=O) groups excluding carboxylic acids is 1. The Morgan fingerprint density at radius 1 is 1.04 bits per heavy atom. The van der Waals surface area contributed by atoms with E-state index < -0.39 is 29.5 Å². The van der Waals surface area contributed by atoms with E-state index >= 15 is 0 Å². The zero-order chi connectivity index (χ0) is 19.4. The first kappa shape index (κ1) is 18.2. The van der Waals surface area contributed by atoms with Gasteiger partial charge in [-0.2, -0.15) is 5.26 Å². The molecule has 2 atom stereocenters. The number of benzene rings is 2. The zero-order valence-electron chi connectivity index (χ0n) is 14.1. The van der Waals surface area contributed by atoms with E-state index in [0.717, 1.165) is 0 Å². The first-order valence-corrected chi connectivity index (χ1v) is 8.19. The largest absolute Gasteiger partial charge is 0.478 e. The minimum Gasteiger partial charge on any atom is -0.478 e. The van der Waals surface area contributed by atoms with E-state index in [2.05, 4.69) is 5.32 Å². The van der Waals surface area contributed by atoms with E-state index in [4.69, 9.17) is 10.00 Å². The average molecular weight is 364 g/mol. The minimum absolute atomic E-state index is 0.106. The molecule has 0 aromatic heterocycles. The van der Waals surface area contributed by atoms with Crippen molar-refractivity contribution in [1.29, 1.82) is 5.26 Å². The second-order valence-corrected chi connectivity index (χ2v) is 5.96. The lowest BCUT2D eigenvalue weighted by Gasteiger charge is -2.10. The number of ether oxygens (including phenoxy) is 1. The summed E-state index contributed by atoms with van der Waals surface area (Å²) in [5, 5.41) is 30.8. The van der Waals surface area contributed by atoms with Gasteiger partial charge in [-0.1, -0.05) is 18.2 Å². The molecule has 7 nitrogen and oxygen atoms in total. The Morgan fingerprint density at radius 3 is 2.26 bits per heavy atom. The molecule has 0 aliphatic heterocycles. The van der Waals surface area contributed by atoms with Gasteiger partial charge in [0.15, 0.2) is 0 Å². The molecule has 0 saturated carbocycles. The molecule has 1 aliphatic rings. The van der Waals surface area contributed by atoms with Crippen LogP contribution in [0.3, 0.4) is 0 Å². The number of hydrogen-bond acceptors (Lipinski definition) is 5. The van der Waals surface area contributed by atoms with Gasteiger partial charge < -0.3 is 20.3 Å². The van der Waals surface area contributed by atoms with Crippen LogP contribution in [0, 0.1) is 17.2 Å². The topological polar surface area (TPSA) is 120 Å². The third-order valence-electron chi connectivity index (χ3n) is 4.15. The molecule has 0 spiro atoms. The highest BCUT2D eigenvalue weighted by Crippen LogP contribution is 2.33. The van der Waals surface area contributed by atoms with Gasteiger partial charge >= 0.3 is 5.97 Å². The van der Waals surface area contributed by atoms with Crippen molar-refractivity contribution in [1.82, 2.24) is 0 Å². The van der Waals surface area contributed by atoms with Crippen molar-refractivity contribution in [2.24, 2.45) is 5.92 Å². The van der Waals surface area contributed by atoms with Crippen molar-refractivity contribution >= 4 is 17.6 Å². The van der Waals surface area contributed by atoms with Crippen LogP contribution in [0.5, 0.6) is 11.5 Å². The van der Waals surface area contributed by atoms with Crippen LogP contribution in [-0.4, -0.2) is 28.2 Å². The van der Waals surface area contributed by atoms with Gasteiger partial charge in [0.25, 0.3) is 5.91 Å². The number of amides is 1. The molecule has 0 heterocycles. The molecule has 0 fully saturated rings. The van der Waals surface area contributed by atoms with Gasteiger partial charge in [0.1, 0.15) is 11.5 Å². The summed E-state index contributed by atoms with van der Waals surface area (Å²) >= 11 is 0. The predicted octanol–water partition coefficient (Wildman–Crippen LogP) is 2.70. The summed E-state index contributed by atoms with van der Waals surface area (Å²) < 4.78 is 5.66. The number of aliphatic hydroxyl groups is 1. The number of carboxylic acids is 1. The van der Waals surface area contributed by atoms with Gasteiger partial charge in [-0.05, 0) is 42.8 Å². The molecule has 3 rings (SSSR count). The number of carboxylic acid groups (broad SMARTS) is 1. The van der Waals surface area contributed by atoms with Gasteiger partial charge in [-0.3, -0.25) is 4.79 Å². The second-order valence-electron chi connectivity index (χ2n) is 5.96. The number of rotatable bonds is 5. The molecule has 1 amide bonds. The van der Waals surface area contributed by atoms with Crippen LogP contribution in [0.1, 0.15) is 6.42 Å². The number of para-hydroxylation sites is 1. The summed E-state index contributed by atoms with van der Waals surface area (Å²) in [5.41, 5.74) is -0.221. The molecule has 136 valence electrons. The standard InChI is InChI=1S/C20H16N2O5/c21-11-12-10-16(23)18(20(25)26)17(12)19(24)22-13-6-8-15(9-7-13)27-14-4-2-1-3-5-14/h1-9,12,16,23H,10H2,(H,22,24)(H,25,26). The molecule has 0 radical (unpaired) electrons. The monoisotopic (exact) mass is 364 g/mol. The number of aliphatic carboxylic acids is 1. The maximum absolute atomic E-state index is 12.5. The Morgan fingerprint density at radius 2 is 1.67 bits per heavy atom. The third-order valence-corrected chi connectivity index (χ3v) is 4.15. The first-order chi connectivity index (χ1) is 13.0. The third kappa shape index (κ3) is 3.97. The summed E-state index contributed by atoms with van der Waals surface area (Å²) in [5.74, 6) is -1.85. The lowest BCUT2D eigenvalue weighted by molar-refractivity contribution is -0.134.